The predicted molar refractivity (Wildman–Crippen MR) is 64.4 cm³/mol. The van der Waals surface area contributed by atoms with Gasteiger partial charge in [0.2, 0.25) is 6.73 Å². The van der Waals surface area contributed by atoms with Crippen molar-refractivity contribution in [3.05, 3.63) is 12.2 Å². The molecule has 1 unspecified atom stereocenters. The molecule has 0 aliphatic rings. The molecule has 0 aliphatic carbocycles. The van der Waals surface area contributed by atoms with E-state index >= 15 is 0 Å². The van der Waals surface area contributed by atoms with Crippen LogP contribution in [0.15, 0.2) is 12.2 Å². The second-order valence-corrected chi connectivity index (χ2v) is 4.71. The van der Waals surface area contributed by atoms with Gasteiger partial charge in [0.25, 0.3) is 0 Å². The summed E-state index contributed by atoms with van der Waals surface area (Å²) >= 11 is -2.32. The van der Waals surface area contributed by atoms with Gasteiger partial charge in [-0.05, 0) is 13.8 Å². The monoisotopic (exact) mass is 267 g/mol. The first-order valence-corrected chi connectivity index (χ1v) is 5.94. The molecular formula is C10H21NO5S. The molecule has 0 radical (unpaired) electrons. The summed E-state index contributed by atoms with van der Waals surface area (Å²) in [5, 5.41) is 0. The maximum absolute atomic E-state index is 11.0. The van der Waals surface area contributed by atoms with E-state index in [2.05, 4.69) is 17.7 Å². The van der Waals surface area contributed by atoms with Crippen molar-refractivity contribution >= 4 is 17.3 Å². The predicted octanol–water partition coefficient (Wildman–Crippen LogP) is 0.586. The number of rotatable bonds is 5. The summed E-state index contributed by atoms with van der Waals surface area (Å²) in [5.41, 5.74) is 0.450. The summed E-state index contributed by atoms with van der Waals surface area (Å²) in [6, 6.07) is 0. The van der Waals surface area contributed by atoms with Crippen molar-refractivity contribution in [3.8, 4) is 0 Å². The van der Waals surface area contributed by atoms with E-state index in [4.69, 9.17) is 13.5 Å². The molecule has 0 fully saturated rings. The number of ether oxygens (including phenoxy) is 1. The molecule has 0 aromatic carbocycles. The molecule has 6 nitrogen and oxygen atoms in total. The molecule has 0 aromatic rings. The quantitative estimate of drug-likeness (QED) is 0.239. The number of quaternary nitrogens is 1. The van der Waals surface area contributed by atoms with Gasteiger partial charge in [-0.15, -0.1) is 0 Å². The van der Waals surface area contributed by atoms with E-state index < -0.39 is 11.4 Å². The van der Waals surface area contributed by atoms with Gasteiger partial charge >= 0.3 is 5.97 Å². The lowest BCUT2D eigenvalue weighted by Gasteiger charge is -2.26. The Morgan fingerprint density at radius 3 is 2.12 bits per heavy atom. The van der Waals surface area contributed by atoms with Crippen molar-refractivity contribution in [2.24, 2.45) is 0 Å². The van der Waals surface area contributed by atoms with Crippen LogP contribution in [0.25, 0.3) is 0 Å². The van der Waals surface area contributed by atoms with Crippen LogP contribution in [-0.4, -0.2) is 53.7 Å². The lowest BCUT2D eigenvalue weighted by molar-refractivity contribution is -0.905. The topological polar surface area (TPSA) is 75.7 Å². The first-order chi connectivity index (χ1) is 7.66. The molecule has 0 amide bonds. The van der Waals surface area contributed by atoms with Gasteiger partial charge in [-0.25, -0.2) is 9.00 Å². The third-order valence-corrected chi connectivity index (χ3v) is 2.16. The van der Waals surface area contributed by atoms with E-state index in [0.717, 1.165) is 13.7 Å². The highest BCUT2D eigenvalue weighted by molar-refractivity contribution is 7.74. The van der Waals surface area contributed by atoms with Crippen molar-refractivity contribution in [2.45, 2.75) is 13.8 Å². The standard InChI is InChI=1S/C9H18NO2.CH4O3S/c1-6-10(4,5)7-12-9(11)8(2)3;1-4-5(2)3/h2,6-7H2,1,3-5H3;1H3,(H,2,3)/q+1;/p-1. The van der Waals surface area contributed by atoms with Crippen molar-refractivity contribution in [3.63, 3.8) is 0 Å². The molecule has 0 saturated heterocycles. The second kappa shape index (κ2) is 9.29. The first-order valence-electron chi connectivity index (χ1n) is 4.94. The Morgan fingerprint density at radius 2 is 1.88 bits per heavy atom. The van der Waals surface area contributed by atoms with Crippen LogP contribution in [0.3, 0.4) is 0 Å². The van der Waals surface area contributed by atoms with E-state index in [9.17, 15) is 4.79 Å². The molecule has 0 bridgehead atoms. The van der Waals surface area contributed by atoms with Crippen molar-refractivity contribution in [1.29, 1.82) is 0 Å². The fourth-order valence-electron chi connectivity index (χ4n) is 0.448. The molecule has 0 rings (SSSR count). The smallest absolute Gasteiger partial charge is 0.337 e. The zero-order chi connectivity index (χ0) is 14.1. The summed E-state index contributed by atoms with van der Waals surface area (Å²) in [5.74, 6) is -0.311. The minimum atomic E-state index is -2.32. The van der Waals surface area contributed by atoms with E-state index in [1.54, 1.807) is 6.92 Å². The number of esters is 1. The zero-order valence-electron chi connectivity index (χ0n) is 11.0. The molecule has 102 valence electrons. The average molecular weight is 267 g/mol. The van der Waals surface area contributed by atoms with Gasteiger partial charge in [-0.1, -0.05) is 6.58 Å². The van der Waals surface area contributed by atoms with Crippen LogP contribution in [0, 0.1) is 0 Å². The molecule has 1 atom stereocenters. The van der Waals surface area contributed by atoms with Gasteiger partial charge < -0.3 is 13.5 Å². The summed E-state index contributed by atoms with van der Waals surface area (Å²) in [7, 11) is 5.10. The fraction of sp³-hybridized carbons (Fsp3) is 0.700. The lowest BCUT2D eigenvalue weighted by atomic mass is 10.4. The highest BCUT2D eigenvalue weighted by atomic mass is 32.2. The highest BCUT2D eigenvalue weighted by Crippen LogP contribution is 1.99. The Labute approximate surface area is 105 Å². The fourth-order valence-corrected chi connectivity index (χ4v) is 0.448. The summed E-state index contributed by atoms with van der Waals surface area (Å²) in [6.45, 7) is 8.54. The largest absolute Gasteiger partial charge is 0.750 e. The SMILES string of the molecule is C=C(C)C(=O)OC[N+](C)(C)CC.COS(=O)[O-]. The van der Waals surface area contributed by atoms with Crippen molar-refractivity contribution in [2.75, 3.05) is 34.5 Å². The van der Waals surface area contributed by atoms with E-state index in [1.165, 1.54) is 0 Å². The maximum atomic E-state index is 11.0. The Kier molecular flexibility index (Phi) is 10.2. The van der Waals surface area contributed by atoms with Gasteiger partial charge in [0.15, 0.2) is 0 Å². The Balaban J connectivity index is 0. The minimum absolute atomic E-state index is 0.311. The lowest BCUT2D eigenvalue weighted by Crippen LogP contribution is -2.41. The van der Waals surface area contributed by atoms with Gasteiger partial charge in [-0.2, -0.15) is 0 Å². The Hall–Kier alpha value is -0.760. The molecule has 0 spiro atoms. The molecule has 0 heterocycles. The zero-order valence-corrected chi connectivity index (χ0v) is 11.8. The van der Waals surface area contributed by atoms with Crippen LogP contribution >= 0.6 is 0 Å². The number of carbonyl (C=O) groups is 1. The summed E-state index contributed by atoms with van der Waals surface area (Å²) in [6.07, 6.45) is 0. The number of nitrogens with zero attached hydrogens (tertiary/aromatic N) is 1. The van der Waals surface area contributed by atoms with Crippen LogP contribution in [0.4, 0.5) is 0 Å². The van der Waals surface area contributed by atoms with Crippen LogP contribution in [0.5, 0.6) is 0 Å². The van der Waals surface area contributed by atoms with Crippen molar-refractivity contribution < 1.29 is 27.0 Å². The van der Waals surface area contributed by atoms with Gasteiger partial charge in [0.05, 0.1) is 39.1 Å². The number of hydrogen-bond donors (Lipinski definition) is 0. The maximum Gasteiger partial charge on any atom is 0.337 e. The van der Waals surface area contributed by atoms with Gasteiger partial charge in [-0.3, -0.25) is 4.48 Å². The van der Waals surface area contributed by atoms with Crippen LogP contribution in [0.2, 0.25) is 0 Å². The number of hydrogen-bond acceptors (Lipinski definition) is 5. The summed E-state index contributed by atoms with van der Waals surface area (Å²) in [4.78, 5) is 11.0. The molecule has 0 aliphatic heterocycles. The molecular weight excluding hydrogens is 246 g/mol. The van der Waals surface area contributed by atoms with Crippen molar-refractivity contribution in [1.82, 2.24) is 0 Å². The van der Waals surface area contributed by atoms with E-state index in [1.807, 2.05) is 14.1 Å². The number of carbonyl (C=O) groups excluding carboxylic acids is 1. The second-order valence-electron chi connectivity index (χ2n) is 3.96. The highest BCUT2D eigenvalue weighted by Gasteiger charge is 2.14. The minimum Gasteiger partial charge on any atom is -0.750 e. The molecule has 17 heavy (non-hydrogen) atoms. The van der Waals surface area contributed by atoms with Crippen LogP contribution in [0.1, 0.15) is 13.8 Å². The normalized spacial score (nSPS) is 12.1. The Morgan fingerprint density at radius 1 is 1.47 bits per heavy atom. The first kappa shape index (κ1) is 18.6. The van der Waals surface area contributed by atoms with Gasteiger partial charge in [0, 0.05) is 5.57 Å². The third kappa shape index (κ3) is 13.2. The third-order valence-electron chi connectivity index (χ3n) is 1.89. The average Bonchev–Trinajstić information content (AvgIpc) is 2.26. The molecule has 0 saturated carbocycles. The van der Waals surface area contributed by atoms with Crippen LogP contribution < -0.4 is 0 Å². The van der Waals surface area contributed by atoms with E-state index in [0.29, 0.717) is 16.8 Å². The van der Waals surface area contributed by atoms with Crippen LogP contribution in [-0.2, 0) is 25.1 Å². The molecule has 7 heteroatoms. The van der Waals surface area contributed by atoms with E-state index in [-0.39, 0.29) is 5.97 Å². The summed E-state index contributed by atoms with van der Waals surface area (Å²) < 4.78 is 27.6. The molecule has 0 N–H and O–H groups in total. The van der Waals surface area contributed by atoms with Gasteiger partial charge in [0.1, 0.15) is 0 Å². The Bertz CT molecular complexity index is 278. The molecule has 0 aromatic heterocycles.